The van der Waals surface area contributed by atoms with Crippen LogP contribution in [0.4, 0.5) is 18.0 Å². The number of carbonyl (C=O) groups is 3. The number of aliphatic carboxylic acids is 1. The Morgan fingerprint density at radius 1 is 1.14 bits per heavy atom. The van der Waals surface area contributed by atoms with Crippen molar-refractivity contribution in [1.82, 2.24) is 25.2 Å². The van der Waals surface area contributed by atoms with Crippen LogP contribution in [0.3, 0.4) is 0 Å². The fourth-order valence-electron chi connectivity index (χ4n) is 6.08. The fraction of sp³-hybridized carbons (Fsp3) is 0.483. The number of aromatic nitrogens is 3. The maximum atomic E-state index is 13.3. The molecule has 10 nitrogen and oxygen atoms in total. The lowest BCUT2D eigenvalue weighted by Gasteiger charge is -2.26. The predicted octanol–water partition coefficient (Wildman–Crippen LogP) is 4.20. The molecule has 13 heteroatoms. The minimum atomic E-state index is -4.77. The van der Waals surface area contributed by atoms with Gasteiger partial charge in [-0.2, -0.15) is 18.3 Å². The Hall–Kier alpha value is -4.16. The standard InChI is InChI=1S/C29H30F3N5O5/c30-29(31,32)21-12-28(26(39)40,25(38)35-21)11-17-10-22-34-20(14-37(22)33-13-17)24(23(18-6-7-18)19-8-9-19)36-27(41)42-15-16-4-2-1-3-5-16/h1-5,10,13-14,18-19,21,23-24H,6-9,11-12,15H2,(H,35,38)(H,36,41)(H,39,40)/t21-,24+,28?/m0/s1. The third-order valence-electron chi connectivity index (χ3n) is 8.52. The first-order valence-corrected chi connectivity index (χ1v) is 14.0. The Balaban J connectivity index is 1.25. The van der Waals surface area contributed by atoms with E-state index in [2.05, 4.69) is 10.4 Å². The summed E-state index contributed by atoms with van der Waals surface area (Å²) in [5, 5.41) is 18.9. The van der Waals surface area contributed by atoms with E-state index in [9.17, 15) is 32.7 Å². The molecule has 42 heavy (non-hydrogen) atoms. The normalized spacial score (nSPS) is 23.1. The zero-order valence-corrected chi connectivity index (χ0v) is 22.5. The topological polar surface area (TPSA) is 135 Å². The molecule has 3 fully saturated rings. The number of nitrogens with zero attached hydrogens (tertiary/aromatic N) is 3. The Morgan fingerprint density at radius 2 is 1.83 bits per heavy atom. The average Bonchev–Trinajstić information content (AvgIpc) is 3.88. The van der Waals surface area contributed by atoms with Gasteiger partial charge in [0.25, 0.3) is 0 Å². The number of amides is 2. The lowest BCUT2D eigenvalue weighted by molar-refractivity contribution is -0.157. The molecule has 0 spiro atoms. The van der Waals surface area contributed by atoms with E-state index < -0.39 is 54.5 Å². The van der Waals surface area contributed by atoms with Crippen LogP contribution in [0.5, 0.6) is 0 Å². The van der Waals surface area contributed by atoms with Gasteiger partial charge in [0.2, 0.25) is 5.91 Å². The van der Waals surface area contributed by atoms with Crippen molar-refractivity contribution >= 4 is 23.6 Å². The molecule has 1 aromatic carbocycles. The molecule has 3 aliphatic rings. The molecule has 1 unspecified atom stereocenters. The van der Waals surface area contributed by atoms with Gasteiger partial charge in [-0.1, -0.05) is 30.3 Å². The third kappa shape index (κ3) is 5.64. The summed E-state index contributed by atoms with van der Waals surface area (Å²) in [4.78, 5) is 42.3. The number of halogens is 3. The highest BCUT2D eigenvalue weighted by Crippen LogP contribution is 2.54. The van der Waals surface area contributed by atoms with E-state index in [0.29, 0.717) is 23.2 Å². The van der Waals surface area contributed by atoms with Gasteiger partial charge < -0.3 is 20.5 Å². The van der Waals surface area contributed by atoms with Gasteiger partial charge in [-0.15, -0.1) is 0 Å². The summed E-state index contributed by atoms with van der Waals surface area (Å²) >= 11 is 0. The molecule has 1 aliphatic heterocycles. The Kier molecular flexibility index (Phi) is 7.06. The minimum Gasteiger partial charge on any atom is -0.480 e. The Labute approximate surface area is 238 Å². The van der Waals surface area contributed by atoms with Gasteiger partial charge in [0.1, 0.15) is 12.6 Å². The van der Waals surface area contributed by atoms with Gasteiger partial charge in [-0.05, 0) is 67.1 Å². The Morgan fingerprint density at radius 3 is 2.43 bits per heavy atom. The summed E-state index contributed by atoms with van der Waals surface area (Å²) in [6.07, 6.45) is 0.523. The SMILES string of the molecule is O=C(N[C@H](c1cn2ncc(CC3(C(=O)O)C[C@@H](C(F)(F)F)NC3=O)cc2n1)C(C1CC1)C1CC1)OCc1ccccc1. The summed E-state index contributed by atoms with van der Waals surface area (Å²) in [5.74, 6) is -1.76. The zero-order valence-electron chi connectivity index (χ0n) is 22.5. The van der Waals surface area contributed by atoms with E-state index in [4.69, 9.17) is 9.72 Å². The van der Waals surface area contributed by atoms with Gasteiger partial charge in [0.05, 0.1) is 24.1 Å². The van der Waals surface area contributed by atoms with Crippen LogP contribution in [0, 0.1) is 23.2 Å². The van der Waals surface area contributed by atoms with E-state index in [1.807, 2.05) is 30.3 Å². The number of carbonyl (C=O) groups excluding carboxylic acids is 2. The molecular weight excluding hydrogens is 555 g/mol. The van der Waals surface area contributed by atoms with Crippen LogP contribution in [-0.4, -0.2) is 49.9 Å². The molecule has 222 valence electrons. The van der Waals surface area contributed by atoms with Gasteiger partial charge in [0, 0.05) is 6.42 Å². The van der Waals surface area contributed by atoms with Crippen LogP contribution in [0.25, 0.3) is 5.65 Å². The zero-order chi connectivity index (χ0) is 29.6. The van der Waals surface area contributed by atoms with Crippen LogP contribution in [0.2, 0.25) is 0 Å². The first kappa shape index (κ1) is 28.0. The van der Waals surface area contributed by atoms with Gasteiger partial charge in [0.15, 0.2) is 11.1 Å². The number of imidazole rings is 1. The summed E-state index contributed by atoms with van der Waals surface area (Å²) in [7, 11) is 0. The number of alkyl carbamates (subject to hydrolysis) is 1. The van der Waals surface area contributed by atoms with Crippen LogP contribution in [0.15, 0.2) is 48.8 Å². The fourth-order valence-corrected chi connectivity index (χ4v) is 6.08. The van der Waals surface area contributed by atoms with Crippen molar-refractivity contribution in [1.29, 1.82) is 0 Å². The molecule has 2 aromatic heterocycles. The molecular formula is C29H30F3N5O5. The molecule has 2 saturated carbocycles. The van der Waals surface area contributed by atoms with Crippen molar-refractivity contribution in [3.63, 3.8) is 0 Å². The van der Waals surface area contributed by atoms with E-state index in [-0.39, 0.29) is 18.1 Å². The molecule has 3 heterocycles. The van der Waals surface area contributed by atoms with E-state index in [0.717, 1.165) is 31.2 Å². The highest BCUT2D eigenvalue weighted by molar-refractivity contribution is 6.04. The summed E-state index contributed by atoms with van der Waals surface area (Å²) in [6.45, 7) is 0.112. The van der Waals surface area contributed by atoms with Gasteiger partial charge in [-0.25, -0.2) is 14.3 Å². The highest BCUT2D eigenvalue weighted by Gasteiger charge is 2.59. The van der Waals surface area contributed by atoms with Gasteiger partial charge >= 0.3 is 18.2 Å². The first-order valence-electron chi connectivity index (χ1n) is 14.0. The third-order valence-corrected chi connectivity index (χ3v) is 8.52. The number of carboxylic acids is 1. The number of carboxylic acid groups (broad SMARTS) is 1. The van der Waals surface area contributed by atoms with Crippen molar-refractivity contribution in [3.05, 3.63) is 65.6 Å². The molecule has 0 bridgehead atoms. The maximum absolute atomic E-state index is 13.3. The molecule has 1 saturated heterocycles. The number of hydrogen-bond acceptors (Lipinski definition) is 6. The highest BCUT2D eigenvalue weighted by atomic mass is 19.4. The van der Waals surface area contributed by atoms with Crippen LogP contribution < -0.4 is 10.6 Å². The summed E-state index contributed by atoms with van der Waals surface area (Å²) in [6, 6.07) is 8.15. The van der Waals surface area contributed by atoms with E-state index in [1.165, 1.54) is 16.8 Å². The number of ether oxygens (including phenoxy) is 1. The first-order chi connectivity index (χ1) is 20.0. The molecule has 2 aliphatic carbocycles. The molecule has 6 rings (SSSR count). The molecule has 0 radical (unpaired) electrons. The second kappa shape index (κ2) is 10.6. The Bertz CT molecular complexity index is 1490. The monoisotopic (exact) mass is 585 g/mol. The summed E-state index contributed by atoms with van der Waals surface area (Å²) < 4.78 is 46.9. The second-order valence-corrected chi connectivity index (χ2v) is 11.6. The lowest BCUT2D eigenvalue weighted by Crippen LogP contribution is -2.41. The minimum absolute atomic E-state index is 0.112. The van der Waals surface area contributed by atoms with Crippen LogP contribution in [-0.2, 0) is 27.4 Å². The average molecular weight is 586 g/mol. The molecule has 3 N–H and O–H groups in total. The van der Waals surface area contributed by atoms with Crippen LogP contribution >= 0.6 is 0 Å². The number of rotatable bonds is 10. The smallest absolute Gasteiger partial charge is 0.408 e. The van der Waals surface area contributed by atoms with Crippen molar-refractivity contribution in [2.24, 2.45) is 23.2 Å². The molecule has 3 atom stereocenters. The van der Waals surface area contributed by atoms with Crippen molar-refractivity contribution in [2.75, 3.05) is 0 Å². The lowest BCUT2D eigenvalue weighted by atomic mass is 9.79. The number of benzene rings is 1. The van der Waals surface area contributed by atoms with Crippen molar-refractivity contribution < 1.29 is 37.4 Å². The predicted molar refractivity (Wildman–Crippen MR) is 141 cm³/mol. The van der Waals surface area contributed by atoms with Crippen LogP contribution in [0.1, 0.15) is 55.0 Å². The number of fused-ring (bicyclic) bond motifs is 1. The van der Waals surface area contributed by atoms with Gasteiger partial charge in [-0.3, -0.25) is 9.59 Å². The summed E-state index contributed by atoms with van der Waals surface area (Å²) in [5.41, 5.74) is -0.294. The quantitative estimate of drug-likeness (QED) is 0.304. The van der Waals surface area contributed by atoms with E-state index in [1.54, 1.807) is 11.5 Å². The molecule has 2 amide bonds. The van der Waals surface area contributed by atoms with Crippen molar-refractivity contribution in [3.8, 4) is 0 Å². The maximum Gasteiger partial charge on any atom is 0.408 e. The molecule has 3 aromatic rings. The number of hydrogen-bond donors (Lipinski definition) is 3. The van der Waals surface area contributed by atoms with Crippen molar-refractivity contribution in [2.45, 2.75) is 63.4 Å². The number of alkyl halides is 3. The largest absolute Gasteiger partial charge is 0.480 e. The number of nitrogens with one attached hydrogen (secondary N) is 2. The van der Waals surface area contributed by atoms with E-state index >= 15 is 0 Å². The second-order valence-electron chi connectivity index (χ2n) is 11.6.